The highest BCUT2D eigenvalue weighted by Gasteiger charge is 2.22. The minimum absolute atomic E-state index is 0.414. The normalized spacial score (nSPS) is 20.1. The Morgan fingerprint density at radius 2 is 1.72 bits per heavy atom. The van der Waals surface area contributed by atoms with Crippen LogP contribution in [-0.4, -0.2) is 24.0 Å². The summed E-state index contributed by atoms with van der Waals surface area (Å²) in [5.41, 5.74) is 7.42. The zero-order valence-electron chi connectivity index (χ0n) is 14.5. The number of rotatable bonds is 3. The molecule has 2 aromatic rings. The van der Waals surface area contributed by atoms with E-state index in [9.17, 15) is 13.2 Å². The van der Waals surface area contributed by atoms with Crippen LogP contribution in [0.25, 0.3) is 0 Å². The molecule has 0 amide bonds. The summed E-state index contributed by atoms with van der Waals surface area (Å²) in [6.07, 6.45) is 4.95. The Kier molecular flexibility index (Phi) is 7.47. The number of hydrogen-bond donors (Lipinski definition) is 1. The largest absolute Gasteiger partial charge is 0.328 e. The van der Waals surface area contributed by atoms with Gasteiger partial charge in [0.2, 0.25) is 0 Å². The smallest absolute Gasteiger partial charge is 0.161 e. The van der Waals surface area contributed by atoms with Gasteiger partial charge in [0.25, 0.3) is 0 Å². The lowest BCUT2D eigenvalue weighted by Crippen LogP contribution is -2.40. The molecule has 0 heterocycles. The van der Waals surface area contributed by atoms with Crippen molar-refractivity contribution in [2.75, 3.05) is 7.05 Å². The molecule has 0 saturated heterocycles. The summed E-state index contributed by atoms with van der Waals surface area (Å²) >= 11 is 0. The summed E-state index contributed by atoms with van der Waals surface area (Å²) in [6, 6.07) is 13.9. The predicted molar refractivity (Wildman–Crippen MR) is 94.5 cm³/mol. The van der Waals surface area contributed by atoms with Crippen molar-refractivity contribution in [2.45, 2.75) is 44.3 Å². The standard InChI is InChI=1S/C14H22N2.C6H3F3/c1-16(11-12-6-3-2-4-7-12)14-9-5-8-13(15)10-14;7-4-1-2-5(8)6(9)3-4/h2-4,6-7,13-14H,5,8-11,15H2,1H3;1-3H/t13-,14+;/m1./s1. The fourth-order valence-corrected chi connectivity index (χ4v) is 3.07. The Hall–Kier alpha value is -1.85. The summed E-state index contributed by atoms with van der Waals surface area (Å²) in [4.78, 5) is 2.45. The van der Waals surface area contributed by atoms with E-state index in [4.69, 9.17) is 5.73 Å². The van der Waals surface area contributed by atoms with Gasteiger partial charge in [-0.05, 0) is 44.0 Å². The minimum Gasteiger partial charge on any atom is -0.328 e. The fourth-order valence-electron chi connectivity index (χ4n) is 3.07. The van der Waals surface area contributed by atoms with Crippen molar-refractivity contribution in [3.8, 4) is 0 Å². The van der Waals surface area contributed by atoms with Crippen LogP contribution in [0.1, 0.15) is 31.2 Å². The van der Waals surface area contributed by atoms with Crippen molar-refractivity contribution >= 4 is 0 Å². The zero-order valence-corrected chi connectivity index (χ0v) is 14.5. The molecule has 2 atom stereocenters. The molecule has 0 radical (unpaired) electrons. The van der Waals surface area contributed by atoms with Gasteiger partial charge in [-0.1, -0.05) is 36.8 Å². The second kappa shape index (κ2) is 9.59. The number of nitrogens with two attached hydrogens (primary N) is 1. The number of halogens is 3. The molecular formula is C20H25F3N2. The Morgan fingerprint density at radius 3 is 2.32 bits per heavy atom. The Bertz CT molecular complexity index is 649. The van der Waals surface area contributed by atoms with Crippen molar-refractivity contribution in [1.82, 2.24) is 4.90 Å². The molecular weight excluding hydrogens is 325 g/mol. The molecule has 0 spiro atoms. The molecule has 25 heavy (non-hydrogen) atoms. The van der Waals surface area contributed by atoms with E-state index < -0.39 is 17.5 Å². The van der Waals surface area contributed by atoms with Crippen molar-refractivity contribution in [2.24, 2.45) is 5.73 Å². The third-order valence-corrected chi connectivity index (χ3v) is 4.47. The zero-order chi connectivity index (χ0) is 18.2. The molecule has 3 rings (SSSR count). The number of hydrogen-bond acceptors (Lipinski definition) is 2. The Morgan fingerprint density at radius 1 is 1.00 bits per heavy atom. The van der Waals surface area contributed by atoms with Crippen molar-refractivity contribution in [1.29, 1.82) is 0 Å². The van der Waals surface area contributed by atoms with Crippen LogP contribution in [0.4, 0.5) is 13.2 Å². The van der Waals surface area contributed by atoms with Crippen LogP contribution < -0.4 is 5.73 Å². The average molecular weight is 350 g/mol. The number of nitrogens with zero attached hydrogens (tertiary/aromatic N) is 1. The van der Waals surface area contributed by atoms with Gasteiger partial charge < -0.3 is 5.73 Å². The second-order valence-corrected chi connectivity index (χ2v) is 6.54. The van der Waals surface area contributed by atoms with E-state index in [0.29, 0.717) is 18.2 Å². The van der Waals surface area contributed by atoms with Gasteiger partial charge in [0.1, 0.15) is 5.82 Å². The summed E-state index contributed by atoms with van der Waals surface area (Å²) in [5.74, 6) is -2.96. The first-order chi connectivity index (χ1) is 12.0. The SMILES string of the molecule is CN(Cc1ccccc1)[C@H]1CCC[C@@H](N)C1.Fc1ccc(F)c(F)c1. The molecule has 1 fully saturated rings. The monoisotopic (exact) mass is 350 g/mol. The van der Waals surface area contributed by atoms with E-state index in [2.05, 4.69) is 42.3 Å². The maximum atomic E-state index is 12.0. The third kappa shape index (κ3) is 6.52. The van der Waals surface area contributed by atoms with Crippen LogP contribution in [0.15, 0.2) is 48.5 Å². The topological polar surface area (TPSA) is 29.3 Å². The van der Waals surface area contributed by atoms with E-state index in [1.54, 1.807) is 0 Å². The highest BCUT2D eigenvalue weighted by Crippen LogP contribution is 2.22. The van der Waals surface area contributed by atoms with Crippen LogP contribution in [-0.2, 0) is 6.54 Å². The van der Waals surface area contributed by atoms with Crippen molar-refractivity contribution in [3.63, 3.8) is 0 Å². The number of benzene rings is 2. The molecule has 0 aliphatic heterocycles. The molecule has 0 unspecified atom stereocenters. The van der Waals surface area contributed by atoms with Gasteiger partial charge in [-0.25, -0.2) is 13.2 Å². The van der Waals surface area contributed by atoms with Gasteiger partial charge in [0.15, 0.2) is 11.6 Å². The predicted octanol–water partition coefficient (Wildman–Crippen LogP) is 4.49. The van der Waals surface area contributed by atoms with Crippen LogP contribution in [0, 0.1) is 17.5 Å². The average Bonchev–Trinajstić information content (AvgIpc) is 2.60. The van der Waals surface area contributed by atoms with Crippen molar-refractivity contribution < 1.29 is 13.2 Å². The lowest BCUT2D eigenvalue weighted by Gasteiger charge is -2.34. The van der Waals surface area contributed by atoms with Gasteiger partial charge >= 0.3 is 0 Å². The molecule has 2 nitrogen and oxygen atoms in total. The van der Waals surface area contributed by atoms with Crippen molar-refractivity contribution in [3.05, 3.63) is 71.5 Å². The molecule has 2 aromatic carbocycles. The summed E-state index contributed by atoms with van der Waals surface area (Å²) in [6.45, 7) is 1.04. The molecule has 0 bridgehead atoms. The quantitative estimate of drug-likeness (QED) is 0.827. The maximum Gasteiger partial charge on any atom is 0.161 e. The lowest BCUT2D eigenvalue weighted by atomic mass is 9.90. The maximum absolute atomic E-state index is 12.0. The first kappa shape index (κ1) is 19.5. The van der Waals surface area contributed by atoms with E-state index in [1.165, 1.54) is 24.8 Å². The molecule has 5 heteroatoms. The molecule has 1 saturated carbocycles. The van der Waals surface area contributed by atoms with E-state index in [0.717, 1.165) is 25.1 Å². The van der Waals surface area contributed by atoms with Gasteiger partial charge in [-0.3, -0.25) is 4.90 Å². The van der Waals surface area contributed by atoms with E-state index in [-0.39, 0.29) is 0 Å². The first-order valence-electron chi connectivity index (χ1n) is 8.56. The van der Waals surface area contributed by atoms with E-state index >= 15 is 0 Å². The van der Waals surface area contributed by atoms with Gasteiger partial charge in [-0.15, -0.1) is 0 Å². The van der Waals surface area contributed by atoms with Crippen LogP contribution in [0.5, 0.6) is 0 Å². The molecule has 2 N–H and O–H groups in total. The molecule has 1 aliphatic carbocycles. The molecule has 1 aliphatic rings. The molecule has 136 valence electrons. The molecule has 0 aromatic heterocycles. The van der Waals surface area contributed by atoms with Crippen LogP contribution in [0.2, 0.25) is 0 Å². The highest BCUT2D eigenvalue weighted by atomic mass is 19.2. The Balaban J connectivity index is 0.000000212. The first-order valence-corrected chi connectivity index (χ1v) is 8.56. The van der Waals surface area contributed by atoms with Gasteiger partial charge in [0.05, 0.1) is 0 Å². The minimum atomic E-state index is -1.16. The second-order valence-electron chi connectivity index (χ2n) is 6.54. The summed E-state index contributed by atoms with van der Waals surface area (Å²) < 4.78 is 35.9. The fraction of sp³-hybridized carbons (Fsp3) is 0.400. The van der Waals surface area contributed by atoms with Gasteiger partial charge in [-0.2, -0.15) is 0 Å². The Labute approximate surface area is 147 Å². The summed E-state index contributed by atoms with van der Waals surface area (Å²) in [7, 11) is 2.22. The van der Waals surface area contributed by atoms with E-state index in [1.807, 2.05) is 0 Å². The van der Waals surface area contributed by atoms with Crippen LogP contribution >= 0.6 is 0 Å². The third-order valence-electron chi connectivity index (χ3n) is 4.47. The van der Waals surface area contributed by atoms with Gasteiger partial charge in [0, 0.05) is 24.7 Å². The summed E-state index contributed by atoms with van der Waals surface area (Å²) in [5, 5.41) is 0. The van der Waals surface area contributed by atoms with Crippen LogP contribution in [0.3, 0.4) is 0 Å². The highest BCUT2D eigenvalue weighted by molar-refractivity contribution is 5.14. The lowest BCUT2D eigenvalue weighted by molar-refractivity contribution is 0.173.